The lowest BCUT2D eigenvalue weighted by molar-refractivity contribution is -0.162. The normalized spacial score (nSPS) is 52.3. The van der Waals surface area contributed by atoms with Crippen LogP contribution in [-0.2, 0) is 9.53 Å². The van der Waals surface area contributed by atoms with Crippen LogP contribution in [0.5, 0.6) is 0 Å². The van der Waals surface area contributed by atoms with E-state index in [9.17, 15) is 20.1 Å². The standard InChI is InChI=1S/C10H15NO5/c12-4-1-5-8(14)9(15)10-6(11(5)3-4)2-7(13)16-10/h4-6,8-10,12,14-15H,1-3H2/t4-,5-,6-,8-,9+,10+/m0/s1. The van der Waals surface area contributed by atoms with Gasteiger partial charge in [-0.3, -0.25) is 9.69 Å². The first-order chi connectivity index (χ1) is 7.58. The molecule has 3 rings (SSSR count). The highest BCUT2D eigenvalue weighted by atomic mass is 16.6. The molecule has 0 radical (unpaired) electrons. The Kier molecular flexibility index (Phi) is 2.22. The van der Waals surface area contributed by atoms with Gasteiger partial charge in [0.05, 0.1) is 24.7 Å². The molecular weight excluding hydrogens is 214 g/mol. The van der Waals surface area contributed by atoms with Gasteiger partial charge in [-0.1, -0.05) is 0 Å². The number of carbonyl (C=O) groups is 1. The summed E-state index contributed by atoms with van der Waals surface area (Å²) < 4.78 is 5.02. The molecule has 0 bridgehead atoms. The van der Waals surface area contributed by atoms with Crippen LogP contribution in [0.2, 0.25) is 0 Å². The van der Waals surface area contributed by atoms with Crippen molar-refractivity contribution in [1.29, 1.82) is 0 Å². The number of carbonyl (C=O) groups excluding carboxylic acids is 1. The van der Waals surface area contributed by atoms with E-state index in [1.807, 2.05) is 4.90 Å². The Morgan fingerprint density at radius 2 is 1.94 bits per heavy atom. The lowest BCUT2D eigenvalue weighted by Gasteiger charge is -2.43. The van der Waals surface area contributed by atoms with Gasteiger partial charge in [-0.25, -0.2) is 0 Å². The Morgan fingerprint density at radius 3 is 2.69 bits per heavy atom. The van der Waals surface area contributed by atoms with Crippen LogP contribution in [0, 0.1) is 0 Å². The first-order valence-electron chi connectivity index (χ1n) is 5.57. The summed E-state index contributed by atoms with van der Waals surface area (Å²) in [6.07, 6.45) is -2.47. The van der Waals surface area contributed by atoms with Crippen LogP contribution in [-0.4, -0.2) is 69.2 Å². The minimum Gasteiger partial charge on any atom is -0.458 e. The van der Waals surface area contributed by atoms with Crippen LogP contribution in [0.4, 0.5) is 0 Å². The molecule has 3 saturated heterocycles. The van der Waals surface area contributed by atoms with Gasteiger partial charge in [0, 0.05) is 12.6 Å². The van der Waals surface area contributed by atoms with E-state index in [0.29, 0.717) is 13.0 Å². The molecule has 0 saturated carbocycles. The SMILES string of the molecule is O=C1C[C@H]2[C@@H](O1)[C@H](O)[C@@H](O)[C@@H]1C[C@H](O)CN12. The van der Waals surface area contributed by atoms with E-state index in [4.69, 9.17) is 4.74 Å². The van der Waals surface area contributed by atoms with Gasteiger partial charge in [0.15, 0.2) is 0 Å². The summed E-state index contributed by atoms with van der Waals surface area (Å²) in [6.45, 7) is 0.437. The largest absolute Gasteiger partial charge is 0.458 e. The number of ether oxygens (including phenoxy) is 1. The number of rotatable bonds is 0. The third-order valence-corrected chi connectivity index (χ3v) is 3.89. The maximum atomic E-state index is 11.2. The summed E-state index contributed by atoms with van der Waals surface area (Å²) in [5.74, 6) is -0.344. The number of esters is 1. The molecule has 6 atom stereocenters. The van der Waals surface area contributed by atoms with Crippen molar-refractivity contribution in [3.8, 4) is 0 Å². The molecule has 0 aromatic heterocycles. The molecule has 3 N–H and O–H groups in total. The van der Waals surface area contributed by atoms with Gasteiger partial charge in [0.2, 0.25) is 0 Å². The van der Waals surface area contributed by atoms with Gasteiger partial charge < -0.3 is 20.1 Å². The molecule has 0 amide bonds. The van der Waals surface area contributed by atoms with Crippen molar-refractivity contribution in [2.75, 3.05) is 6.54 Å². The molecule has 0 spiro atoms. The monoisotopic (exact) mass is 229 g/mol. The molecule has 90 valence electrons. The predicted molar refractivity (Wildman–Crippen MR) is 51.4 cm³/mol. The number of aliphatic hydroxyl groups excluding tert-OH is 3. The summed E-state index contributed by atoms with van der Waals surface area (Å²) in [6, 6.07) is -0.464. The summed E-state index contributed by atoms with van der Waals surface area (Å²) in [7, 11) is 0. The average Bonchev–Trinajstić information content (AvgIpc) is 2.78. The van der Waals surface area contributed by atoms with Crippen LogP contribution in [0.25, 0.3) is 0 Å². The van der Waals surface area contributed by atoms with E-state index in [-0.39, 0.29) is 24.5 Å². The Balaban J connectivity index is 1.90. The summed E-state index contributed by atoms with van der Waals surface area (Å²) in [5.41, 5.74) is 0. The molecular formula is C10H15NO5. The lowest BCUT2D eigenvalue weighted by atomic mass is 9.88. The van der Waals surface area contributed by atoms with Crippen LogP contribution in [0.15, 0.2) is 0 Å². The van der Waals surface area contributed by atoms with Crippen molar-refractivity contribution < 1.29 is 24.9 Å². The third kappa shape index (κ3) is 1.31. The van der Waals surface area contributed by atoms with Crippen molar-refractivity contribution >= 4 is 5.97 Å². The topological polar surface area (TPSA) is 90.2 Å². The minimum atomic E-state index is -1.04. The second-order valence-corrected chi connectivity index (χ2v) is 4.86. The molecule has 6 heteroatoms. The molecule has 3 fully saturated rings. The Labute approximate surface area is 92.4 Å². The highest BCUT2D eigenvalue weighted by Gasteiger charge is 2.56. The first kappa shape index (κ1) is 10.5. The van der Waals surface area contributed by atoms with Gasteiger partial charge in [0.1, 0.15) is 12.2 Å². The van der Waals surface area contributed by atoms with E-state index < -0.39 is 24.4 Å². The van der Waals surface area contributed by atoms with E-state index in [1.54, 1.807) is 0 Å². The Morgan fingerprint density at radius 1 is 1.19 bits per heavy atom. The summed E-state index contributed by atoms with van der Waals surface area (Å²) >= 11 is 0. The van der Waals surface area contributed by atoms with Crippen LogP contribution in [0.1, 0.15) is 12.8 Å². The molecule has 0 aromatic carbocycles. The zero-order chi connectivity index (χ0) is 11.4. The molecule has 0 aliphatic carbocycles. The van der Waals surface area contributed by atoms with Crippen molar-refractivity contribution in [2.45, 2.75) is 49.3 Å². The highest BCUT2D eigenvalue weighted by molar-refractivity contribution is 5.73. The number of nitrogens with zero attached hydrogens (tertiary/aromatic N) is 1. The zero-order valence-electron chi connectivity index (χ0n) is 8.69. The van der Waals surface area contributed by atoms with Gasteiger partial charge >= 0.3 is 5.97 Å². The van der Waals surface area contributed by atoms with E-state index in [2.05, 4.69) is 0 Å². The second kappa shape index (κ2) is 3.40. The van der Waals surface area contributed by atoms with Crippen molar-refractivity contribution in [1.82, 2.24) is 4.90 Å². The average molecular weight is 229 g/mol. The molecule has 0 aromatic rings. The van der Waals surface area contributed by atoms with Crippen LogP contribution < -0.4 is 0 Å². The summed E-state index contributed by atoms with van der Waals surface area (Å²) in [4.78, 5) is 13.1. The highest BCUT2D eigenvalue weighted by Crippen LogP contribution is 2.37. The fraction of sp³-hybridized carbons (Fsp3) is 0.900. The van der Waals surface area contributed by atoms with Gasteiger partial charge in [0.25, 0.3) is 0 Å². The fourth-order valence-corrected chi connectivity index (χ4v) is 3.17. The molecule has 16 heavy (non-hydrogen) atoms. The number of aliphatic hydroxyl groups is 3. The van der Waals surface area contributed by atoms with E-state index >= 15 is 0 Å². The lowest BCUT2D eigenvalue weighted by Crippen LogP contribution is -2.62. The van der Waals surface area contributed by atoms with Gasteiger partial charge in [-0.2, -0.15) is 0 Å². The molecule has 3 aliphatic heterocycles. The molecule has 0 unspecified atom stereocenters. The number of hydrogen-bond donors (Lipinski definition) is 3. The van der Waals surface area contributed by atoms with Gasteiger partial charge in [-0.15, -0.1) is 0 Å². The maximum absolute atomic E-state index is 11.2. The molecule has 6 nitrogen and oxygen atoms in total. The molecule has 3 heterocycles. The molecule has 3 aliphatic rings. The first-order valence-corrected chi connectivity index (χ1v) is 5.57. The van der Waals surface area contributed by atoms with Crippen molar-refractivity contribution in [3.05, 3.63) is 0 Å². The number of piperidine rings is 1. The fourth-order valence-electron chi connectivity index (χ4n) is 3.17. The van der Waals surface area contributed by atoms with Crippen LogP contribution in [0.3, 0.4) is 0 Å². The van der Waals surface area contributed by atoms with Crippen molar-refractivity contribution in [2.24, 2.45) is 0 Å². The predicted octanol–water partition coefficient (Wildman–Crippen LogP) is -2.16. The summed E-state index contributed by atoms with van der Waals surface area (Å²) in [5, 5.41) is 29.4. The second-order valence-electron chi connectivity index (χ2n) is 4.86. The third-order valence-electron chi connectivity index (χ3n) is 3.89. The minimum absolute atomic E-state index is 0.201. The van der Waals surface area contributed by atoms with Crippen molar-refractivity contribution in [3.63, 3.8) is 0 Å². The number of fused-ring (bicyclic) bond motifs is 3. The smallest absolute Gasteiger partial charge is 0.307 e. The number of hydrogen-bond acceptors (Lipinski definition) is 6. The zero-order valence-corrected chi connectivity index (χ0v) is 8.69. The van der Waals surface area contributed by atoms with E-state index in [1.165, 1.54) is 0 Å². The van der Waals surface area contributed by atoms with Gasteiger partial charge in [-0.05, 0) is 6.42 Å². The van der Waals surface area contributed by atoms with E-state index in [0.717, 1.165) is 0 Å². The Hall–Kier alpha value is -0.690. The Bertz CT molecular complexity index is 322. The maximum Gasteiger partial charge on any atom is 0.307 e. The van der Waals surface area contributed by atoms with Crippen LogP contribution >= 0.6 is 0 Å². The quantitative estimate of drug-likeness (QED) is 0.410.